The maximum Gasteiger partial charge on any atom is 0.266 e. The van der Waals surface area contributed by atoms with Gasteiger partial charge in [-0.05, 0) is 45.6 Å². The Labute approximate surface area is 146 Å². The first-order valence-corrected chi connectivity index (χ1v) is 8.87. The normalized spacial score (nSPS) is 14.9. The zero-order chi connectivity index (χ0) is 15.5. The molecule has 0 aliphatic carbocycles. The van der Waals surface area contributed by atoms with Gasteiger partial charge in [0, 0.05) is 23.2 Å². The van der Waals surface area contributed by atoms with Gasteiger partial charge in [0.1, 0.15) is 4.88 Å². The van der Waals surface area contributed by atoms with E-state index in [0.717, 1.165) is 23.2 Å². The quantitative estimate of drug-likeness (QED) is 0.836. The average Bonchev–Trinajstić information content (AvgIpc) is 2.94. The number of halogens is 2. The molecule has 1 fully saturated rings. The Morgan fingerprint density at radius 2 is 2.09 bits per heavy atom. The van der Waals surface area contributed by atoms with Crippen LogP contribution in [0.15, 0.2) is 34.1 Å². The average molecular weight is 402 g/mol. The fraction of sp³-hybridized carbons (Fsp3) is 0.267. The molecule has 0 spiro atoms. The Kier molecular flexibility index (Phi) is 5.03. The zero-order valence-electron chi connectivity index (χ0n) is 11.6. The van der Waals surface area contributed by atoms with E-state index in [4.69, 9.17) is 16.3 Å². The molecule has 0 saturated carbocycles. The lowest BCUT2D eigenvalue weighted by Gasteiger charge is -2.29. The van der Waals surface area contributed by atoms with Crippen molar-refractivity contribution in [3.05, 3.63) is 44.0 Å². The number of nitrogens with one attached hydrogen (secondary N) is 1. The number of rotatable bonds is 3. The molecule has 2 aromatic rings. The number of morpholine rings is 1. The van der Waals surface area contributed by atoms with Gasteiger partial charge in [-0.1, -0.05) is 11.6 Å². The van der Waals surface area contributed by atoms with E-state index < -0.39 is 0 Å². The molecule has 1 aromatic carbocycles. The highest BCUT2D eigenvalue weighted by Crippen LogP contribution is 2.30. The number of nitrogens with zero attached hydrogens (tertiary/aromatic N) is 1. The third-order valence-corrected chi connectivity index (χ3v) is 5.52. The number of ether oxygens (including phenoxy) is 1. The van der Waals surface area contributed by atoms with Crippen LogP contribution in [0.5, 0.6) is 0 Å². The van der Waals surface area contributed by atoms with Crippen LogP contribution in [0.2, 0.25) is 5.02 Å². The summed E-state index contributed by atoms with van der Waals surface area (Å²) in [6.45, 7) is 3.07. The number of hydrogen-bond acceptors (Lipinski definition) is 4. The minimum Gasteiger partial charge on any atom is -0.378 e. The van der Waals surface area contributed by atoms with E-state index in [1.165, 1.54) is 11.3 Å². The lowest BCUT2D eigenvalue weighted by Crippen LogP contribution is -2.36. The molecule has 22 heavy (non-hydrogen) atoms. The fourth-order valence-electron chi connectivity index (χ4n) is 2.29. The van der Waals surface area contributed by atoms with Crippen LogP contribution in [0, 0.1) is 0 Å². The van der Waals surface area contributed by atoms with Crippen molar-refractivity contribution in [3.8, 4) is 0 Å². The number of amides is 1. The van der Waals surface area contributed by atoms with Crippen molar-refractivity contribution in [2.24, 2.45) is 0 Å². The summed E-state index contributed by atoms with van der Waals surface area (Å²) in [5.41, 5.74) is 1.66. The van der Waals surface area contributed by atoms with Gasteiger partial charge in [-0.15, -0.1) is 11.3 Å². The van der Waals surface area contributed by atoms with E-state index in [9.17, 15) is 4.79 Å². The Balaban J connectivity index is 1.74. The van der Waals surface area contributed by atoms with Crippen LogP contribution < -0.4 is 10.2 Å². The van der Waals surface area contributed by atoms with Gasteiger partial charge in [0.05, 0.1) is 23.9 Å². The first kappa shape index (κ1) is 15.8. The first-order valence-electron chi connectivity index (χ1n) is 6.82. The molecule has 3 rings (SSSR count). The van der Waals surface area contributed by atoms with E-state index in [1.807, 2.05) is 23.6 Å². The van der Waals surface area contributed by atoms with E-state index in [0.29, 0.717) is 28.8 Å². The highest BCUT2D eigenvalue weighted by molar-refractivity contribution is 9.10. The zero-order valence-corrected chi connectivity index (χ0v) is 14.8. The molecule has 1 aromatic heterocycles. The van der Waals surface area contributed by atoms with Gasteiger partial charge in [-0.2, -0.15) is 0 Å². The van der Waals surface area contributed by atoms with E-state index in [1.54, 1.807) is 6.07 Å². The highest BCUT2D eigenvalue weighted by atomic mass is 79.9. The molecule has 0 radical (unpaired) electrons. The molecule has 0 unspecified atom stereocenters. The largest absolute Gasteiger partial charge is 0.378 e. The van der Waals surface area contributed by atoms with Crippen molar-refractivity contribution in [1.29, 1.82) is 0 Å². The van der Waals surface area contributed by atoms with Crippen molar-refractivity contribution in [3.63, 3.8) is 0 Å². The number of anilines is 2. The van der Waals surface area contributed by atoms with Crippen LogP contribution in [-0.4, -0.2) is 32.2 Å². The van der Waals surface area contributed by atoms with Gasteiger partial charge in [0.2, 0.25) is 0 Å². The van der Waals surface area contributed by atoms with Crippen LogP contribution in [0.4, 0.5) is 11.4 Å². The van der Waals surface area contributed by atoms with Crippen LogP contribution in [0.3, 0.4) is 0 Å². The van der Waals surface area contributed by atoms with Crippen molar-refractivity contribution in [2.75, 3.05) is 36.5 Å². The summed E-state index contributed by atoms with van der Waals surface area (Å²) in [4.78, 5) is 15.0. The SMILES string of the molecule is O=C(Nc1ccc(N2CCOCC2)c(Cl)c1)c1sccc1Br. The predicted molar refractivity (Wildman–Crippen MR) is 94.5 cm³/mol. The van der Waals surface area contributed by atoms with Crippen molar-refractivity contribution in [1.82, 2.24) is 0 Å². The number of thiophene rings is 1. The number of carbonyl (C=O) groups excluding carboxylic acids is 1. The summed E-state index contributed by atoms with van der Waals surface area (Å²) in [6.07, 6.45) is 0. The summed E-state index contributed by atoms with van der Waals surface area (Å²) in [5, 5.41) is 5.37. The molecule has 7 heteroatoms. The minimum atomic E-state index is -0.142. The summed E-state index contributed by atoms with van der Waals surface area (Å²) >= 11 is 11.1. The molecule has 1 amide bonds. The Morgan fingerprint density at radius 1 is 1.32 bits per heavy atom. The number of carbonyl (C=O) groups is 1. The van der Waals surface area contributed by atoms with E-state index >= 15 is 0 Å². The second-order valence-corrected chi connectivity index (χ2v) is 7.00. The molecule has 1 aliphatic rings. The van der Waals surface area contributed by atoms with Gasteiger partial charge >= 0.3 is 0 Å². The molecule has 0 atom stereocenters. The molecule has 1 N–H and O–H groups in total. The standard InChI is InChI=1S/C15H14BrClN2O2S/c16-11-3-8-22-14(11)15(20)18-10-1-2-13(12(17)9-10)19-4-6-21-7-5-19/h1-3,8-9H,4-7H2,(H,18,20). The first-order chi connectivity index (χ1) is 10.6. The predicted octanol–water partition coefficient (Wildman–Crippen LogP) is 4.25. The minimum absolute atomic E-state index is 0.142. The molecule has 1 saturated heterocycles. The molecule has 0 bridgehead atoms. The molecule has 4 nitrogen and oxygen atoms in total. The lowest BCUT2D eigenvalue weighted by atomic mass is 10.2. The van der Waals surface area contributed by atoms with Crippen LogP contribution >= 0.6 is 38.9 Å². The highest BCUT2D eigenvalue weighted by Gasteiger charge is 2.16. The number of hydrogen-bond donors (Lipinski definition) is 1. The summed E-state index contributed by atoms with van der Waals surface area (Å²) < 4.78 is 6.14. The van der Waals surface area contributed by atoms with Gasteiger partial charge in [-0.3, -0.25) is 4.79 Å². The third kappa shape index (κ3) is 3.46. The summed E-state index contributed by atoms with van der Waals surface area (Å²) in [6, 6.07) is 7.45. The number of benzene rings is 1. The van der Waals surface area contributed by atoms with Gasteiger partial charge in [0.25, 0.3) is 5.91 Å². The second-order valence-electron chi connectivity index (χ2n) is 4.82. The van der Waals surface area contributed by atoms with Crippen LogP contribution in [-0.2, 0) is 4.74 Å². The summed E-state index contributed by atoms with van der Waals surface area (Å²) in [5.74, 6) is -0.142. The van der Waals surface area contributed by atoms with Gasteiger partial charge < -0.3 is 15.0 Å². The Bertz CT molecular complexity index is 686. The molecule has 116 valence electrons. The van der Waals surface area contributed by atoms with E-state index in [2.05, 4.69) is 26.1 Å². The van der Waals surface area contributed by atoms with Crippen LogP contribution in [0.1, 0.15) is 9.67 Å². The second kappa shape index (κ2) is 7.00. The summed E-state index contributed by atoms with van der Waals surface area (Å²) in [7, 11) is 0. The van der Waals surface area contributed by atoms with E-state index in [-0.39, 0.29) is 5.91 Å². The topological polar surface area (TPSA) is 41.6 Å². The van der Waals surface area contributed by atoms with Crippen molar-refractivity contribution >= 4 is 56.1 Å². The maximum absolute atomic E-state index is 12.2. The smallest absolute Gasteiger partial charge is 0.266 e. The molecule has 1 aliphatic heterocycles. The monoisotopic (exact) mass is 400 g/mol. The van der Waals surface area contributed by atoms with Gasteiger partial charge in [-0.25, -0.2) is 0 Å². The molecular formula is C15H14BrClN2O2S. The Hall–Kier alpha value is -1.08. The van der Waals surface area contributed by atoms with Crippen molar-refractivity contribution < 1.29 is 9.53 Å². The fourth-order valence-corrected chi connectivity index (χ4v) is 4.04. The molecular weight excluding hydrogens is 388 g/mol. The van der Waals surface area contributed by atoms with Gasteiger partial charge in [0.15, 0.2) is 0 Å². The maximum atomic E-state index is 12.2. The van der Waals surface area contributed by atoms with Crippen LogP contribution in [0.25, 0.3) is 0 Å². The van der Waals surface area contributed by atoms with Crippen molar-refractivity contribution in [2.45, 2.75) is 0 Å². The molecule has 2 heterocycles. The Morgan fingerprint density at radius 3 is 2.73 bits per heavy atom. The third-order valence-electron chi connectivity index (χ3n) is 3.38. The lowest BCUT2D eigenvalue weighted by molar-refractivity contribution is 0.103.